The van der Waals surface area contributed by atoms with Crippen LogP contribution in [0.4, 0.5) is 8.78 Å². The van der Waals surface area contributed by atoms with E-state index in [1.165, 1.54) is 11.8 Å². The number of aromatic amines is 1. The zero-order valence-corrected chi connectivity index (χ0v) is 17.3. The van der Waals surface area contributed by atoms with E-state index in [0.717, 1.165) is 4.57 Å². The standard InChI is InChI=1S/C20H19F2N5O2S/c1-11(18-23-14-6-4-5-7-15(14)27(18)19(21)22)30-20-24-17(25-26-20)13-9-8-12(28-2)10-16(13)29-3/h4-11,19H,1-3H3,(H,24,25,26). The smallest absolute Gasteiger partial charge is 0.320 e. The first-order valence-electron chi connectivity index (χ1n) is 9.08. The van der Waals surface area contributed by atoms with E-state index in [1.54, 1.807) is 57.5 Å². The fourth-order valence-corrected chi connectivity index (χ4v) is 4.01. The Kier molecular flexibility index (Phi) is 5.58. The minimum Gasteiger partial charge on any atom is -0.497 e. The Morgan fingerprint density at radius 3 is 2.60 bits per heavy atom. The van der Waals surface area contributed by atoms with Gasteiger partial charge in [-0.1, -0.05) is 23.9 Å². The molecule has 156 valence electrons. The van der Waals surface area contributed by atoms with Crippen molar-refractivity contribution in [1.82, 2.24) is 24.7 Å². The van der Waals surface area contributed by atoms with E-state index in [4.69, 9.17) is 9.47 Å². The Morgan fingerprint density at radius 2 is 1.87 bits per heavy atom. The second-order valence-corrected chi connectivity index (χ2v) is 7.71. The van der Waals surface area contributed by atoms with Crippen LogP contribution in [0.25, 0.3) is 22.4 Å². The van der Waals surface area contributed by atoms with Gasteiger partial charge in [-0.05, 0) is 31.2 Å². The van der Waals surface area contributed by atoms with Crippen molar-refractivity contribution in [3.05, 3.63) is 48.3 Å². The molecule has 2 heterocycles. The van der Waals surface area contributed by atoms with Crippen LogP contribution in [0.3, 0.4) is 0 Å². The molecule has 4 rings (SSSR count). The first kappa shape index (κ1) is 20.1. The van der Waals surface area contributed by atoms with E-state index in [1.807, 2.05) is 6.07 Å². The van der Waals surface area contributed by atoms with Crippen molar-refractivity contribution in [1.29, 1.82) is 0 Å². The topological polar surface area (TPSA) is 77.9 Å². The molecule has 0 aliphatic heterocycles. The zero-order valence-electron chi connectivity index (χ0n) is 16.5. The molecule has 10 heteroatoms. The van der Waals surface area contributed by atoms with Crippen LogP contribution in [0.5, 0.6) is 11.5 Å². The number of nitrogens with one attached hydrogen (secondary N) is 1. The number of rotatable bonds is 7. The summed E-state index contributed by atoms with van der Waals surface area (Å²) < 4.78 is 39.0. The van der Waals surface area contributed by atoms with Gasteiger partial charge in [-0.2, -0.15) is 8.78 Å². The van der Waals surface area contributed by atoms with Crippen LogP contribution in [-0.2, 0) is 0 Å². The van der Waals surface area contributed by atoms with Crippen molar-refractivity contribution >= 4 is 22.8 Å². The van der Waals surface area contributed by atoms with Gasteiger partial charge in [-0.25, -0.2) is 9.97 Å². The lowest BCUT2D eigenvalue weighted by Gasteiger charge is -2.12. The monoisotopic (exact) mass is 431 g/mol. The number of H-pyrrole nitrogens is 1. The predicted molar refractivity (Wildman–Crippen MR) is 110 cm³/mol. The SMILES string of the molecule is COc1ccc(-c2nc(SC(C)c3nc4ccccc4n3C(F)F)n[nH]2)c(OC)c1. The summed E-state index contributed by atoms with van der Waals surface area (Å²) in [6.07, 6.45) is 0. The van der Waals surface area contributed by atoms with Crippen molar-refractivity contribution in [3.63, 3.8) is 0 Å². The van der Waals surface area contributed by atoms with E-state index in [2.05, 4.69) is 20.2 Å². The molecule has 4 aromatic rings. The molecular formula is C20H19F2N5O2S. The summed E-state index contributed by atoms with van der Waals surface area (Å²) in [5.41, 5.74) is 1.64. The second kappa shape index (κ2) is 8.31. The molecule has 0 bridgehead atoms. The summed E-state index contributed by atoms with van der Waals surface area (Å²) in [5, 5.41) is 7.12. The minimum absolute atomic E-state index is 0.268. The number of fused-ring (bicyclic) bond motifs is 1. The number of nitrogens with zero attached hydrogens (tertiary/aromatic N) is 4. The average Bonchev–Trinajstić information content (AvgIpc) is 3.37. The number of benzene rings is 2. The van der Waals surface area contributed by atoms with E-state index in [-0.39, 0.29) is 5.82 Å². The Morgan fingerprint density at radius 1 is 1.07 bits per heavy atom. The van der Waals surface area contributed by atoms with Crippen LogP contribution in [-0.4, -0.2) is 39.0 Å². The van der Waals surface area contributed by atoms with Crippen LogP contribution in [0.2, 0.25) is 0 Å². The second-order valence-electron chi connectivity index (χ2n) is 6.40. The highest BCUT2D eigenvalue weighted by Gasteiger charge is 2.24. The Hall–Kier alpha value is -3.14. The molecule has 0 saturated heterocycles. The van der Waals surface area contributed by atoms with Crippen molar-refractivity contribution in [2.45, 2.75) is 23.9 Å². The van der Waals surface area contributed by atoms with Gasteiger partial charge in [0.2, 0.25) is 5.16 Å². The van der Waals surface area contributed by atoms with E-state index in [0.29, 0.717) is 39.1 Å². The van der Waals surface area contributed by atoms with Gasteiger partial charge in [0.15, 0.2) is 5.82 Å². The maximum atomic E-state index is 13.7. The third-order valence-electron chi connectivity index (χ3n) is 4.59. The number of thioether (sulfide) groups is 1. The number of imidazole rings is 1. The molecule has 7 nitrogen and oxygen atoms in total. The lowest BCUT2D eigenvalue weighted by Crippen LogP contribution is -2.06. The molecule has 30 heavy (non-hydrogen) atoms. The highest BCUT2D eigenvalue weighted by atomic mass is 32.2. The normalized spacial score (nSPS) is 12.5. The van der Waals surface area contributed by atoms with Gasteiger partial charge >= 0.3 is 6.55 Å². The maximum absolute atomic E-state index is 13.7. The molecule has 0 aliphatic carbocycles. The summed E-state index contributed by atoms with van der Waals surface area (Å²) in [7, 11) is 3.13. The Balaban J connectivity index is 1.62. The van der Waals surface area contributed by atoms with Crippen molar-refractivity contribution in [2.24, 2.45) is 0 Å². The fourth-order valence-electron chi connectivity index (χ4n) is 3.18. The highest BCUT2D eigenvalue weighted by Crippen LogP contribution is 2.38. The van der Waals surface area contributed by atoms with Crippen LogP contribution in [0, 0.1) is 0 Å². The summed E-state index contributed by atoms with van der Waals surface area (Å²) >= 11 is 1.24. The number of aromatic nitrogens is 5. The Bertz CT molecular complexity index is 1180. The summed E-state index contributed by atoms with van der Waals surface area (Å²) in [6.45, 7) is -0.893. The molecular weight excluding hydrogens is 412 g/mol. The number of halogens is 2. The van der Waals surface area contributed by atoms with E-state index in [9.17, 15) is 8.78 Å². The van der Waals surface area contributed by atoms with Crippen LogP contribution in [0.15, 0.2) is 47.6 Å². The van der Waals surface area contributed by atoms with Gasteiger partial charge < -0.3 is 9.47 Å². The number of methoxy groups -OCH3 is 2. The molecule has 0 aliphatic rings. The van der Waals surface area contributed by atoms with Crippen molar-refractivity contribution < 1.29 is 18.3 Å². The molecule has 1 N–H and O–H groups in total. The van der Waals surface area contributed by atoms with Crippen LogP contribution < -0.4 is 9.47 Å². The average molecular weight is 431 g/mol. The molecule has 0 fully saturated rings. The number of alkyl halides is 2. The molecule has 0 radical (unpaired) electrons. The first-order valence-corrected chi connectivity index (χ1v) is 9.96. The maximum Gasteiger partial charge on any atom is 0.320 e. The van der Waals surface area contributed by atoms with Crippen molar-refractivity contribution in [3.8, 4) is 22.9 Å². The lowest BCUT2D eigenvalue weighted by atomic mass is 10.2. The zero-order chi connectivity index (χ0) is 21.3. The molecule has 2 aromatic carbocycles. The van der Waals surface area contributed by atoms with E-state index < -0.39 is 11.8 Å². The van der Waals surface area contributed by atoms with Crippen LogP contribution >= 0.6 is 11.8 Å². The minimum atomic E-state index is -2.69. The largest absolute Gasteiger partial charge is 0.497 e. The third-order valence-corrected chi connectivity index (χ3v) is 5.55. The number of para-hydroxylation sites is 2. The summed E-state index contributed by atoms with van der Waals surface area (Å²) in [6, 6.07) is 12.2. The van der Waals surface area contributed by atoms with E-state index >= 15 is 0 Å². The van der Waals surface area contributed by atoms with Crippen LogP contribution in [0.1, 0.15) is 24.5 Å². The predicted octanol–water partition coefficient (Wildman–Crippen LogP) is 5.09. The summed E-state index contributed by atoms with van der Waals surface area (Å²) in [5.74, 6) is 2.01. The molecule has 0 spiro atoms. The van der Waals surface area contributed by atoms with Gasteiger partial charge in [-0.3, -0.25) is 9.67 Å². The fraction of sp³-hybridized carbons (Fsp3) is 0.250. The summed E-state index contributed by atoms with van der Waals surface area (Å²) in [4.78, 5) is 8.89. The van der Waals surface area contributed by atoms with Gasteiger partial charge in [0.05, 0.1) is 36.1 Å². The van der Waals surface area contributed by atoms with Gasteiger partial charge in [0.1, 0.15) is 17.3 Å². The van der Waals surface area contributed by atoms with Gasteiger partial charge in [0, 0.05) is 6.07 Å². The quantitative estimate of drug-likeness (QED) is 0.411. The molecule has 0 saturated carbocycles. The van der Waals surface area contributed by atoms with Crippen molar-refractivity contribution in [2.75, 3.05) is 14.2 Å². The number of ether oxygens (including phenoxy) is 2. The third kappa shape index (κ3) is 3.70. The highest BCUT2D eigenvalue weighted by molar-refractivity contribution is 7.99. The molecule has 2 aromatic heterocycles. The van der Waals surface area contributed by atoms with Gasteiger partial charge in [0.25, 0.3) is 0 Å². The Labute approximate surface area is 175 Å². The number of hydrogen-bond acceptors (Lipinski definition) is 6. The number of hydrogen-bond donors (Lipinski definition) is 1. The lowest BCUT2D eigenvalue weighted by molar-refractivity contribution is 0.0715. The molecule has 1 atom stereocenters. The molecule has 0 amide bonds. The first-order chi connectivity index (χ1) is 14.5. The molecule has 1 unspecified atom stereocenters. The van der Waals surface area contributed by atoms with Gasteiger partial charge in [-0.15, -0.1) is 5.10 Å².